The van der Waals surface area contributed by atoms with Crippen LogP contribution in [-0.4, -0.2) is 53.0 Å². The first-order valence-electron chi connectivity index (χ1n) is 13.1. The first-order chi connectivity index (χ1) is 19.4. The van der Waals surface area contributed by atoms with Gasteiger partial charge in [0.25, 0.3) is 0 Å². The van der Waals surface area contributed by atoms with Gasteiger partial charge in [0, 0.05) is 35.9 Å². The maximum atomic E-state index is 13.2. The van der Waals surface area contributed by atoms with Gasteiger partial charge in [0.15, 0.2) is 0 Å². The number of fused-ring (bicyclic) bond motifs is 4. The second-order valence-electron chi connectivity index (χ2n) is 9.77. The number of benzene rings is 3. The molecule has 0 fully saturated rings. The van der Waals surface area contributed by atoms with Gasteiger partial charge in [0.1, 0.15) is 18.9 Å². The molecule has 9 heteroatoms. The zero-order valence-corrected chi connectivity index (χ0v) is 21.6. The van der Waals surface area contributed by atoms with Crippen LogP contribution in [0.2, 0.25) is 0 Å². The van der Waals surface area contributed by atoms with Crippen molar-refractivity contribution in [2.75, 3.05) is 6.61 Å². The topological polar surface area (TPSA) is 138 Å². The van der Waals surface area contributed by atoms with E-state index in [0.29, 0.717) is 6.29 Å². The molecule has 0 unspecified atom stereocenters. The van der Waals surface area contributed by atoms with Crippen molar-refractivity contribution in [1.29, 1.82) is 0 Å². The third kappa shape index (κ3) is 5.73. The van der Waals surface area contributed by atoms with Crippen LogP contribution in [0, 0.1) is 0 Å². The lowest BCUT2D eigenvalue weighted by Crippen LogP contribution is -2.51. The third-order valence-corrected chi connectivity index (χ3v) is 7.21. The molecule has 3 aromatic carbocycles. The van der Waals surface area contributed by atoms with Crippen LogP contribution in [0.1, 0.15) is 35.4 Å². The van der Waals surface area contributed by atoms with Gasteiger partial charge >= 0.3 is 12.1 Å². The number of carbonyl (C=O) groups excluding carboxylic acids is 3. The van der Waals surface area contributed by atoms with E-state index in [4.69, 9.17) is 9.84 Å². The monoisotopic (exact) mass is 539 g/mol. The van der Waals surface area contributed by atoms with Crippen LogP contribution >= 0.6 is 0 Å². The van der Waals surface area contributed by atoms with Crippen LogP contribution in [0.4, 0.5) is 4.79 Å². The summed E-state index contributed by atoms with van der Waals surface area (Å²) < 4.78 is 5.65. The summed E-state index contributed by atoms with van der Waals surface area (Å²) in [6, 6.07) is 21.5. The molecule has 0 spiro atoms. The standard InChI is InChI=1S/C31H29N3O6/c35-17-20(13-14-29(36)37)33-30(38)28(15-19-16-32-27-12-6-5-7-21(19)27)34-31(39)40-18-26-24-10-3-1-8-22(24)23-9-2-4-11-25(23)26/h1-12,16-17,20,26,28,32H,13-15,18H2,(H,33,38)(H,34,39)(H,36,37)/t20-,28-/m0/s1. The SMILES string of the molecule is O=C[C@H](CCC(=O)O)NC(=O)[C@H](Cc1c[nH]c2ccccc12)NC(=O)OCC1c2ccccc2-c2ccccc21. The average Bonchev–Trinajstić information content (AvgIpc) is 3.52. The number of aromatic nitrogens is 1. The van der Waals surface area contributed by atoms with E-state index in [1.165, 1.54) is 0 Å². The van der Waals surface area contributed by atoms with Crippen molar-refractivity contribution in [3.05, 3.63) is 95.7 Å². The Morgan fingerprint density at radius 2 is 1.57 bits per heavy atom. The van der Waals surface area contributed by atoms with Gasteiger partial charge in [-0.2, -0.15) is 0 Å². The molecule has 2 atom stereocenters. The number of alkyl carbamates (subject to hydrolysis) is 1. The number of nitrogens with one attached hydrogen (secondary N) is 3. The fraction of sp³-hybridized carbons (Fsp3) is 0.226. The number of aliphatic carboxylic acids is 1. The minimum absolute atomic E-state index is 0.0602. The van der Waals surface area contributed by atoms with E-state index >= 15 is 0 Å². The molecule has 2 amide bonds. The predicted octanol–water partition coefficient (Wildman–Crippen LogP) is 4.17. The fourth-order valence-corrected chi connectivity index (χ4v) is 5.25. The van der Waals surface area contributed by atoms with E-state index in [-0.39, 0.29) is 31.8 Å². The van der Waals surface area contributed by atoms with Crippen molar-refractivity contribution in [3.8, 4) is 11.1 Å². The number of hydrogen-bond acceptors (Lipinski definition) is 5. The smallest absolute Gasteiger partial charge is 0.407 e. The Morgan fingerprint density at radius 3 is 2.25 bits per heavy atom. The quantitative estimate of drug-likeness (QED) is 0.211. The van der Waals surface area contributed by atoms with Crippen molar-refractivity contribution in [1.82, 2.24) is 15.6 Å². The van der Waals surface area contributed by atoms with Crippen LogP contribution in [0.25, 0.3) is 22.0 Å². The number of amides is 2. The fourth-order valence-electron chi connectivity index (χ4n) is 5.25. The molecular weight excluding hydrogens is 510 g/mol. The predicted molar refractivity (Wildman–Crippen MR) is 149 cm³/mol. The second-order valence-corrected chi connectivity index (χ2v) is 9.77. The summed E-state index contributed by atoms with van der Waals surface area (Å²) in [6.45, 7) is 0.0802. The number of carboxylic acid groups (broad SMARTS) is 1. The molecular formula is C31H29N3O6. The van der Waals surface area contributed by atoms with Gasteiger partial charge in [-0.15, -0.1) is 0 Å². The number of carboxylic acids is 1. The minimum Gasteiger partial charge on any atom is -0.481 e. The van der Waals surface area contributed by atoms with E-state index in [1.54, 1.807) is 6.20 Å². The number of hydrogen-bond donors (Lipinski definition) is 4. The molecule has 0 radical (unpaired) electrons. The van der Waals surface area contributed by atoms with Crippen LogP contribution in [-0.2, 0) is 25.5 Å². The average molecular weight is 540 g/mol. The van der Waals surface area contributed by atoms with Crippen molar-refractivity contribution in [3.63, 3.8) is 0 Å². The Labute approximate surface area is 230 Å². The summed E-state index contributed by atoms with van der Waals surface area (Å²) in [5, 5.41) is 15.1. The van der Waals surface area contributed by atoms with Crippen LogP contribution < -0.4 is 10.6 Å². The normalized spacial score (nSPS) is 13.6. The Bertz CT molecular complexity index is 1520. The van der Waals surface area contributed by atoms with Gasteiger partial charge in [-0.05, 0) is 40.3 Å². The summed E-state index contributed by atoms with van der Waals surface area (Å²) in [7, 11) is 0. The first kappa shape index (κ1) is 26.7. The largest absolute Gasteiger partial charge is 0.481 e. The Morgan fingerprint density at radius 1 is 0.925 bits per heavy atom. The molecule has 0 saturated heterocycles. The highest BCUT2D eigenvalue weighted by Gasteiger charge is 2.30. The first-order valence-corrected chi connectivity index (χ1v) is 13.1. The molecule has 1 aliphatic carbocycles. The lowest BCUT2D eigenvalue weighted by atomic mass is 9.98. The molecule has 0 aliphatic heterocycles. The molecule has 0 bridgehead atoms. The van der Waals surface area contributed by atoms with Gasteiger partial charge in [0.2, 0.25) is 5.91 Å². The van der Waals surface area contributed by atoms with Crippen molar-refractivity contribution in [2.45, 2.75) is 37.3 Å². The zero-order valence-electron chi connectivity index (χ0n) is 21.6. The number of rotatable bonds is 11. The number of aromatic amines is 1. The summed E-state index contributed by atoms with van der Waals surface area (Å²) in [4.78, 5) is 51.9. The number of carbonyl (C=O) groups is 4. The Balaban J connectivity index is 1.31. The van der Waals surface area contributed by atoms with Crippen LogP contribution in [0.3, 0.4) is 0 Å². The van der Waals surface area contributed by atoms with Crippen molar-refractivity contribution in [2.24, 2.45) is 0 Å². The highest BCUT2D eigenvalue weighted by molar-refractivity contribution is 5.90. The van der Waals surface area contributed by atoms with Gasteiger partial charge in [-0.3, -0.25) is 9.59 Å². The summed E-state index contributed by atoms with van der Waals surface area (Å²) in [6.07, 6.45) is 1.29. The maximum Gasteiger partial charge on any atom is 0.407 e. The molecule has 0 saturated carbocycles. The molecule has 4 aromatic rings. The van der Waals surface area contributed by atoms with E-state index < -0.39 is 30.1 Å². The second kappa shape index (κ2) is 11.9. The highest BCUT2D eigenvalue weighted by atomic mass is 16.5. The zero-order chi connectivity index (χ0) is 28.1. The number of para-hydroxylation sites is 1. The number of aldehydes is 1. The van der Waals surface area contributed by atoms with E-state index in [0.717, 1.165) is 38.7 Å². The molecule has 204 valence electrons. The lowest BCUT2D eigenvalue weighted by molar-refractivity contribution is -0.137. The van der Waals surface area contributed by atoms with Gasteiger partial charge in [-0.25, -0.2) is 4.79 Å². The molecule has 1 aromatic heterocycles. The van der Waals surface area contributed by atoms with Gasteiger partial charge in [0.05, 0.1) is 6.04 Å². The number of H-pyrrole nitrogens is 1. The molecule has 40 heavy (non-hydrogen) atoms. The third-order valence-electron chi connectivity index (χ3n) is 7.21. The Hall–Kier alpha value is -4.92. The molecule has 1 heterocycles. The van der Waals surface area contributed by atoms with Gasteiger partial charge < -0.3 is 30.3 Å². The van der Waals surface area contributed by atoms with Crippen molar-refractivity contribution < 1.29 is 29.0 Å². The van der Waals surface area contributed by atoms with Crippen LogP contribution in [0.5, 0.6) is 0 Å². The summed E-state index contributed by atoms with van der Waals surface area (Å²) in [5.41, 5.74) is 6.01. The van der Waals surface area contributed by atoms with Gasteiger partial charge in [-0.1, -0.05) is 66.7 Å². The van der Waals surface area contributed by atoms with E-state index in [1.807, 2.05) is 72.8 Å². The Kier molecular flexibility index (Phi) is 7.91. The molecule has 5 rings (SSSR count). The maximum absolute atomic E-state index is 13.2. The van der Waals surface area contributed by atoms with Crippen LogP contribution in [0.15, 0.2) is 79.0 Å². The molecule has 9 nitrogen and oxygen atoms in total. The van der Waals surface area contributed by atoms with E-state index in [9.17, 15) is 19.2 Å². The molecule has 1 aliphatic rings. The highest BCUT2D eigenvalue weighted by Crippen LogP contribution is 2.44. The minimum atomic E-state index is -1.08. The summed E-state index contributed by atoms with van der Waals surface area (Å²) in [5.74, 6) is -1.83. The summed E-state index contributed by atoms with van der Waals surface area (Å²) >= 11 is 0. The molecule has 4 N–H and O–H groups in total. The lowest BCUT2D eigenvalue weighted by Gasteiger charge is -2.21. The van der Waals surface area contributed by atoms with Crippen molar-refractivity contribution >= 4 is 35.2 Å². The van der Waals surface area contributed by atoms with E-state index in [2.05, 4.69) is 15.6 Å². The number of ether oxygens (including phenoxy) is 1.